The number of anilines is 2. The van der Waals surface area contributed by atoms with E-state index in [0.29, 0.717) is 0 Å². The van der Waals surface area contributed by atoms with Crippen LogP contribution in [0.25, 0.3) is 0 Å². The molecule has 1 atom stereocenters. The van der Waals surface area contributed by atoms with Gasteiger partial charge < -0.3 is 19.4 Å². The fourth-order valence-electron chi connectivity index (χ4n) is 2.71. The van der Waals surface area contributed by atoms with Crippen LogP contribution in [0, 0.1) is 0 Å². The third-order valence-corrected chi connectivity index (χ3v) is 4.34. The lowest BCUT2D eigenvalue weighted by molar-refractivity contribution is -0.170. The third-order valence-electron chi connectivity index (χ3n) is 4.34. The Morgan fingerprint density at radius 1 is 1.28 bits per heavy atom. The number of carbonyl (C=O) groups excluding carboxylic acids is 1. The Bertz CT molecular complexity index is 587. The Hall–Kier alpha value is -1.80. The van der Waals surface area contributed by atoms with Crippen LogP contribution in [0.2, 0.25) is 0 Å². The molecule has 1 saturated heterocycles. The number of rotatable bonds is 5. The Morgan fingerprint density at radius 3 is 2.48 bits per heavy atom. The zero-order valence-electron chi connectivity index (χ0n) is 14.7. The van der Waals surface area contributed by atoms with Gasteiger partial charge in [-0.05, 0) is 32.2 Å². The number of benzene rings is 1. The summed E-state index contributed by atoms with van der Waals surface area (Å²) in [6.45, 7) is 4.82. The molecule has 140 valence electrons. The van der Waals surface area contributed by atoms with Gasteiger partial charge in [-0.15, -0.1) is 0 Å². The number of halogens is 3. The van der Waals surface area contributed by atoms with Crippen molar-refractivity contribution in [3.63, 3.8) is 0 Å². The second kappa shape index (κ2) is 8.05. The summed E-state index contributed by atoms with van der Waals surface area (Å²) in [5.74, 6) is -1.88. The van der Waals surface area contributed by atoms with Crippen molar-refractivity contribution in [1.82, 2.24) is 4.90 Å². The predicted octanol–water partition coefficient (Wildman–Crippen LogP) is 2.37. The van der Waals surface area contributed by atoms with Gasteiger partial charge in [0.05, 0.1) is 12.6 Å². The molecule has 0 aromatic heterocycles. The van der Waals surface area contributed by atoms with Crippen LogP contribution in [0.1, 0.15) is 6.92 Å². The molecule has 8 heteroatoms. The molecule has 0 spiro atoms. The molecule has 1 aliphatic heterocycles. The lowest BCUT2D eigenvalue weighted by Crippen LogP contribution is -2.45. The fraction of sp³-hybridized carbons (Fsp3) is 0.588. The Balaban J connectivity index is 2.27. The zero-order chi connectivity index (χ0) is 18.6. The number of hydrogen-bond donors (Lipinski definition) is 0. The second-order valence-electron chi connectivity index (χ2n) is 6.27. The number of likely N-dealkylation sites (N-methyl/N-ethyl adjacent to an activating group) is 1. The van der Waals surface area contributed by atoms with Crippen LogP contribution in [0.4, 0.5) is 24.5 Å². The molecule has 1 fully saturated rings. The summed E-state index contributed by atoms with van der Waals surface area (Å²) in [6.07, 6.45) is -5.45. The molecule has 0 saturated carbocycles. The minimum Gasteiger partial charge on any atom is -0.380 e. The lowest BCUT2D eigenvalue weighted by atomic mass is 10.2. The number of methoxy groups -OCH3 is 1. The molecule has 1 heterocycles. The van der Waals surface area contributed by atoms with Crippen molar-refractivity contribution in [3.8, 4) is 0 Å². The molecular weight excluding hydrogens is 335 g/mol. The normalized spacial score (nSPS) is 17.4. The lowest BCUT2D eigenvalue weighted by Gasteiger charge is -2.35. The molecule has 1 aliphatic rings. The highest BCUT2D eigenvalue weighted by Gasteiger charge is 2.43. The van der Waals surface area contributed by atoms with E-state index >= 15 is 0 Å². The minimum absolute atomic E-state index is 0.166. The second-order valence-corrected chi connectivity index (χ2v) is 6.27. The summed E-state index contributed by atoms with van der Waals surface area (Å²) < 4.78 is 44.0. The quantitative estimate of drug-likeness (QED) is 0.809. The number of piperazine rings is 1. The molecule has 0 N–H and O–H groups in total. The Kier molecular flexibility index (Phi) is 6.29. The van der Waals surface area contributed by atoms with Crippen LogP contribution < -0.4 is 9.80 Å². The molecule has 5 nitrogen and oxygen atoms in total. The van der Waals surface area contributed by atoms with E-state index < -0.39 is 18.2 Å². The van der Waals surface area contributed by atoms with E-state index in [2.05, 4.69) is 9.80 Å². The minimum atomic E-state index is -4.93. The summed E-state index contributed by atoms with van der Waals surface area (Å²) in [6, 6.07) is 6.69. The predicted molar refractivity (Wildman–Crippen MR) is 91.0 cm³/mol. The number of amides is 1. The van der Waals surface area contributed by atoms with Gasteiger partial charge in [-0.3, -0.25) is 4.79 Å². The van der Waals surface area contributed by atoms with Crippen molar-refractivity contribution in [2.24, 2.45) is 0 Å². The number of nitrogens with zero attached hydrogens (tertiary/aromatic N) is 3. The number of alkyl halides is 3. The molecule has 0 unspecified atom stereocenters. The van der Waals surface area contributed by atoms with Crippen molar-refractivity contribution in [1.29, 1.82) is 0 Å². The maximum Gasteiger partial charge on any atom is 0.471 e. The molecule has 0 aliphatic carbocycles. The van der Waals surface area contributed by atoms with Gasteiger partial charge in [0, 0.05) is 44.7 Å². The topological polar surface area (TPSA) is 36.0 Å². The Labute approximate surface area is 145 Å². The first-order valence-electron chi connectivity index (χ1n) is 8.17. The number of hydrogen-bond acceptors (Lipinski definition) is 4. The van der Waals surface area contributed by atoms with Crippen LogP contribution in [0.15, 0.2) is 24.3 Å². The van der Waals surface area contributed by atoms with Crippen molar-refractivity contribution >= 4 is 17.3 Å². The van der Waals surface area contributed by atoms with Gasteiger partial charge in [-0.2, -0.15) is 13.2 Å². The zero-order valence-corrected chi connectivity index (χ0v) is 14.7. The van der Waals surface area contributed by atoms with Crippen LogP contribution in [-0.4, -0.2) is 70.0 Å². The van der Waals surface area contributed by atoms with E-state index in [-0.39, 0.29) is 12.2 Å². The van der Waals surface area contributed by atoms with E-state index in [1.807, 2.05) is 13.1 Å². The highest BCUT2D eigenvalue weighted by atomic mass is 19.4. The van der Waals surface area contributed by atoms with Crippen molar-refractivity contribution in [3.05, 3.63) is 24.3 Å². The molecule has 1 amide bonds. The summed E-state index contributed by atoms with van der Waals surface area (Å²) in [7, 11) is 3.44. The third kappa shape index (κ3) is 5.09. The van der Waals surface area contributed by atoms with Gasteiger partial charge in [-0.25, -0.2) is 0 Å². The summed E-state index contributed by atoms with van der Waals surface area (Å²) in [5, 5.41) is 0. The molecule has 2 rings (SSSR count). The van der Waals surface area contributed by atoms with E-state index in [4.69, 9.17) is 4.74 Å². The van der Waals surface area contributed by atoms with E-state index in [0.717, 1.165) is 36.8 Å². The standard InChI is InChI=1S/C17H24F3N3O2/c1-13(25-3)12-23(16(24)17(18,19)20)15-6-4-5-14(11-15)22-9-7-21(2)8-10-22/h4-6,11,13H,7-10,12H2,1-3H3/t13-/m1/s1. The summed E-state index contributed by atoms with van der Waals surface area (Å²) in [5.41, 5.74) is 1.04. The molecule has 1 aromatic carbocycles. The van der Waals surface area contributed by atoms with Crippen molar-refractivity contribution < 1.29 is 22.7 Å². The molecule has 0 radical (unpaired) electrons. The molecular formula is C17H24F3N3O2. The number of carbonyl (C=O) groups is 1. The first-order chi connectivity index (χ1) is 11.7. The average Bonchev–Trinajstić information content (AvgIpc) is 2.58. The maximum absolute atomic E-state index is 13.0. The SMILES string of the molecule is CO[C@H](C)CN(C(=O)C(F)(F)F)c1cccc(N2CCN(C)CC2)c1. The van der Waals surface area contributed by atoms with Gasteiger partial charge in [0.25, 0.3) is 0 Å². The summed E-state index contributed by atoms with van der Waals surface area (Å²) >= 11 is 0. The van der Waals surface area contributed by atoms with Gasteiger partial charge in [-0.1, -0.05) is 6.07 Å². The molecule has 0 bridgehead atoms. The van der Waals surface area contributed by atoms with Gasteiger partial charge in [0.15, 0.2) is 0 Å². The monoisotopic (exact) mass is 359 g/mol. The first-order valence-corrected chi connectivity index (χ1v) is 8.17. The van der Waals surface area contributed by atoms with Crippen LogP contribution in [0.5, 0.6) is 0 Å². The van der Waals surface area contributed by atoms with Crippen LogP contribution in [-0.2, 0) is 9.53 Å². The van der Waals surface area contributed by atoms with E-state index in [1.54, 1.807) is 19.1 Å². The van der Waals surface area contributed by atoms with Crippen molar-refractivity contribution in [2.75, 3.05) is 56.7 Å². The van der Waals surface area contributed by atoms with Gasteiger partial charge in [0.2, 0.25) is 0 Å². The number of ether oxygens (including phenoxy) is 1. The molecule has 25 heavy (non-hydrogen) atoms. The van der Waals surface area contributed by atoms with Crippen LogP contribution in [0.3, 0.4) is 0 Å². The van der Waals surface area contributed by atoms with E-state index in [1.165, 1.54) is 13.2 Å². The average molecular weight is 359 g/mol. The molecule has 1 aromatic rings. The first kappa shape index (κ1) is 19.5. The van der Waals surface area contributed by atoms with Crippen LogP contribution >= 0.6 is 0 Å². The van der Waals surface area contributed by atoms with Crippen molar-refractivity contribution in [2.45, 2.75) is 19.2 Å². The highest BCUT2D eigenvalue weighted by Crippen LogP contribution is 2.28. The van der Waals surface area contributed by atoms with E-state index in [9.17, 15) is 18.0 Å². The van der Waals surface area contributed by atoms with Gasteiger partial charge >= 0.3 is 12.1 Å². The maximum atomic E-state index is 13.0. The fourth-order valence-corrected chi connectivity index (χ4v) is 2.71. The Morgan fingerprint density at radius 2 is 1.92 bits per heavy atom. The highest BCUT2D eigenvalue weighted by molar-refractivity contribution is 5.97. The smallest absolute Gasteiger partial charge is 0.380 e. The summed E-state index contributed by atoms with van der Waals surface area (Å²) in [4.78, 5) is 16.9. The van der Waals surface area contributed by atoms with Gasteiger partial charge in [0.1, 0.15) is 0 Å². The largest absolute Gasteiger partial charge is 0.471 e.